The highest BCUT2D eigenvalue weighted by Gasteiger charge is 2.12. The lowest BCUT2D eigenvalue weighted by atomic mass is 10.2. The quantitative estimate of drug-likeness (QED) is 0.587. The summed E-state index contributed by atoms with van der Waals surface area (Å²) in [5.41, 5.74) is 1.97. The van der Waals surface area contributed by atoms with Crippen molar-refractivity contribution in [3.63, 3.8) is 0 Å². The number of hydrogen-bond acceptors (Lipinski definition) is 5. The molecule has 0 fully saturated rings. The van der Waals surface area contributed by atoms with E-state index >= 15 is 0 Å². The molecule has 4 aromatic rings. The van der Waals surface area contributed by atoms with Gasteiger partial charge in [-0.25, -0.2) is 4.79 Å². The van der Waals surface area contributed by atoms with Crippen molar-refractivity contribution in [2.45, 2.75) is 0 Å². The molecular weight excluding hydrogens is 374 g/mol. The number of H-pyrrole nitrogens is 1. The molecule has 118 valence electrons. The van der Waals surface area contributed by atoms with Crippen molar-refractivity contribution in [2.75, 3.05) is 0 Å². The van der Waals surface area contributed by atoms with Gasteiger partial charge in [0.2, 0.25) is 5.82 Å². The van der Waals surface area contributed by atoms with E-state index in [0.717, 1.165) is 15.6 Å². The van der Waals surface area contributed by atoms with E-state index in [-0.39, 0.29) is 5.69 Å². The highest BCUT2D eigenvalue weighted by Crippen LogP contribution is 2.24. The molecule has 1 aromatic carbocycles. The monoisotopic (exact) mass is 383 g/mol. The van der Waals surface area contributed by atoms with E-state index in [4.69, 9.17) is 4.52 Å². The maximum atomic E-state index is 11.7. The molecule has 4 rings (SSSR count). The van der Waals surface area contributed by atoms with Crippen molar-refractivity contribution >= 4 is 15.9 Å². The molecule has 0 unspecified atom stereocenters. The van der Waals surface area contributed by atoms with Crippen molar-refractivity contribution in [3.8, 4) is 28.5 Å². The fourth-order valence-corrected chi connectivity index (χ4v) is 2.67. The molecule has 8 heteroatoms. The van der Waals surface area contributed by atoms with Crippen LogP contribution in [0.25, 0.3) is 28.5 Å². The Kier molecular flexibility index (Phi) is 3.58. The number of aromatic nitrogens is 5. The first-order valence-corrected chi connectivity index (χ1v) is 7.81. The van der Waals surface area contributed by atoms with Crippen LogP contribution in [-0.4, -0.2) is 24.7 Å². The highest BCUT2D eigenvalue weighted by molar-refractivity contribution is 9.10. The van der Waals surface area contributed by atoms with E-state index in [1.165, 1.54) is 4.57 Å². The van der Waals surface area contributed by atoms with E-state index in [2.05, 4.69) is 36.0 Å². The summed E-state index contributed by atoms with van der Waals surface area (Å²) in [5, 5.41) is 3.99. The molecule has 7 nitrogen and oxygen atoms in total. The van der Waals surface area contributed by atoms with Crippen molar-refractivity contribution in [1.29, 1.82) is 0 Å². The fourth-order valence-electron chi connectivity index (χ4n) is 2.30. The largest absolute Gasteiger partial charge is 0.334 e. The number of nitrogens with zero attached hydrogens (tertiary/aromatic N) is 4. The van der Waals surface area contributed by atoms with Gasteiger partial charge in [-0.1, -0.05) is 11.2 Å². The van der Waals surface area contributed by atoms with Crippen LogP contribution in [0.1, 0.15) is 0 Å². The van der Waals surface area contributed by atoms with E-state index in [9.17, 15) is 4.79 Å². The number of rotatable bonds is 3. The predicted octanol–water partition coefficient (Wildman–Crippen LogP) is 3.04. The molecule has 24 heavy (non-hydrogen) atoms. The zero-order valence-electron chi connectivity index (χ0n) is 12.2. The van der Waals surface area contributed by atoms with Crippen LogP contribution >= 0.6 is 15.9 Å². The Morgan fingerprint density at radius 1 is 1.17 bits per heavy atom. The zero-order valence-corrected chi connectivity index (χ0v) is 13.8. The van der Waals surface area contributed by atoms with Crippen molar-refractivity contribution in [3.05, 3.63) is 70.1 Å². The molecule has 0 saturated heterocycles. The SMILES string of the molecule is O=c1[nH]ccn1-c1cccc(-c2nc(-c3cncc(Br)c3)no2)c1. The summed E-state index contributed by atoms with van der Waals surface area (Å²) in [7, 11) is 0. The Balaban J connectivity index is 1.73. The summed E-state index contributed by atoms with van der Waals surface area (Å²) in [6.45, 7) is 0. The third-order valence-corrected chi connectivity index (χ3v) is 3.84. The van der Waals surface area contributed by atoms with Crippen LogP contribution < -0.4 is 5.69 Å². The average Bonchev–Trinajstić information content (AvgIpc) is 3.24. The molecule has 3 aromatic heterocycles. The third-order valence-electron chi connectivity index (χ3n) is 3.41. The molecule has 0 bridgehead atoms. The molecular formula is C16H10BrN5O2. The maximum Gasteiger partial charge on any atom is 0.330 e. The van der Waals surface area contributed by atoms with E-state index < -0.39 is 0 Å². The van der Waals surface area contributed by atoms with Crippen LogP contribution in [0.2, 0.25) is 0 Å². The fraction of sp³-hybridized carbons (Fsp3) is 0. The van der Waals surface area contributed by atoms with E-state index in [0.29, 0.717) is 17.4 Å². The van der Waals surface area contributed by atoms with E-state index in [1.807, 2.05) is 30.3 Å². The van der Waals surface area contributed by atoms with Gasteiger partial charge in [0.05, 0.1) is 5.69 Å². The summed E-state index contributed by atoms with van der Waals surface area (Å²) in [5.74, 6) is 0.818. The normalized spacial score (nSPS) is 10.9. The highest BCUT2D eigenvalue weighted by atomic mass is 79.9. The van der Waals surface area contributed by atoms with Gasteiger partial charge in [0, 0.05) is 40.4 Å². The number of nitrogens with one attached hydrogen (secondary N) is 1. The van der Waals surface area contributed by atoms with Gasteiger partial charge in [-0.3, -0.25) is 9.55 Å². The van der Waals surface area contributed by atoms with Crippen molar-refractivity contribution in [1.82, 2.24) is 24.7 Å². The summed E-state index contributed by atoms with van der Waals surface area (Å²) in [6, 6.07) is 9.17. The molecule has 1 N–H and O–H groups in total. The van der Waals surface area contributed by atoms with Gasteiger partial charge in [0.1, 0.15) is 0 Å². The van der Waals surface area contributed by atoms with Crippen LogP contribution in [0.15, 0.2) is 68.9 Å². The first-order chi connectivity index (χ1) is 11.7. The van der Waals surface area contributed by atoms with Crippen LogP contribution in [0, 0.1) is 0 Å². The Morgan fingerprint density at radius 2 is 2.08 bits per heavy atom. The van der Waals surface area contributed by atoms with Crippen molar-refractivity contribution < 1.29 is 4.52 Å². The second-order valence-corrected chi connectivity index (χ2v) is 5.92. The van der Waals surface area contributed by atoms with Gasteiger partial charge < -0.3 is 9.51 Å². The standard InChI is InChI=1S/C16H10BrN5O2/c17-12-6-11(8-18-9-12)14-20-15(24-21-14)10-2-1-3-13(7-10)22-5-4-19-16(22)23/h1-9H,(H,19,23). The second-order valence-electron chi connectivity index (χ2n) is 5.00. The molecule has 0 saturated carbocycles. The molecule has 0 spiro atoms. The van der Waals surface area contributed by atoms with Gasteiger partial charge in [0.15, 0.2) is 0 Å². The average molecular weight is 384 g/mol. The lowest BCUT2D eigenvalue weighted by Crippen LogP contribution is -2.13. The Hall–Kier alpha value is -3.00. The van der Waals surface area contributed by atoms with Crippen LogP contribution in [-0.2, 0) is 0 Å². The summed E-state index contributed by atoms with van der Waals surface area (Å²) in [4.78, 5) is 22.8. The Morgan fingerprint density at radius 3 is 2.88 bits per heavy atom. The minimum Gasteiger partial charge on any atom is -0.334 e. The first-order valence-electron chi connectivity index (χ1n) is 7.02. The first kappa shape index (κ1) is 14.6. The maximum absolute atomic E-state index is 11.7. The molecule has 0 aliphatic carbocycles. The lowest BCUT2D eigenvalue weighted by molar-refractivity contribution is 0.432. The van der Waals surface area contributed by atoms with Gasteiger partial charge in [-0.2, -0.15) is 4.98 Å². The van der Waals surface area contributed by atoms with E-state index in [1.54, 1.807) is 24.8 Å². The topological polar surface area (TPSA) is 89.6 Å². The van der Waals surface area contributed by atoms with Crippen LogP contribution in [0.3, 0.4) is 0 Å². The van der Waals surface area contributed by atoms with Crippen LogP contribution in [0.4, 0.5) is 0 Å². The number of aromatic amines is 1. The summed E-state index contributed by atoms with van der Waals surface area (Å²) < 4.78 is 7.68. The number of hydrogen-bond donors (Lipinski definition) is 1. The van der Waals surface area contributed by atoms with Gasteiger partial charge in [0.25, 0.3) is 5.89 Å². The molecule has 0 aliphatic rings. The number of benzene rings is 1. The Labute approximate surface area is 144 Å². The third kappa shape index (κ3) is 2.67. The molecule has 0 radical (unpaired) electrons. The minimum absolute atomic E-state index is 0.210. The molecule has 3 heterocycles. The molecule has 0 atom stereocenters. The number of imidazole rings is 1. The smallest absolute Gasteiger partial charge is 0.330 e. The van der Waals surface area contributed by atoms with Crippen molar-refractivity contribution in [2.24, 2.45) is 0 Å². The van der Waals surface area contributed by atoms with Gasteiger partial charge in [-0.15, -0.1) is 0 Å². The number of halogens is 1. The Bertz CT molecular complexity index is 1070. The van der Waals surface area contributed by atoms with Gasteiger partial charge in [-0.05, 0) is 40.2 Å². The summed E-state index contributed by atoms with van der Waals surface area (Å²) in [6.07, 6.45) is 6.59. The molecule has 0 aliphatic heterocycles. The second kappa shape index (κ2) is 5.89. The zero-order chi connectivity index (χ0) is 16.5. The number of pyridine rings is 1. The minimum atomic E-state index is -0.210. The van der Waals surface area contributed by atoms with Crippen LogP contribution in [0.5, 0.6) is 0 Å². The lowest BCUT2D eigenvalue weighted by Gasteiger charge is -2.02. The van der Waals surface area contributed by atoms with Gasteiger partial charge >= 0.3 is 5.69 Å². The molecule has 0 amide bonds. The predicted molar refractivity (Wildman–Crippen MR) is 90.6 cm³/mol. The summed E-state index contributed by atoms with van der Waals surface area (Å²) >= 11 is 3.37.